The zero-order chi connectivity index (χ0) is 16.8. The molecule has 0 aliphatic rings. The molecule has 2 aromatic rings. The molecule has 1 amide bonds. The molecule has 0 aliphatic carbocycles. The Balaban J connectivity index is 2.00. The Kier molecular flexibility index (Phi) is 5.70. The lowest BCUT2D eigenvalue weighted by atomic mass is 10.3. The highest BCUT2D eigenvalue weighted by Crippen LogP contribution is 2.23. The van der Waals surface area contributed by atoms with E-state index in [9.17, 15) is 9.59 Å². The van der Waals surface area contributed by atoms with Crippen LogP contribution < -0.4 is 10.1 Å². The fraction of sp³-hybridized carbons (Fsp3) is 0.312. The first-order valence-electron chi connectivity index (χ1n) is 7.18. The van der Waals surface area contributed by atoms with E-state index in [1.807, 2.05) is 18.2 Å². The van der Waals surface area contributed by atoms with E-state index in [1.165, 1.54) is 0 Å². The summed E-state index contributed by atoms with van der Waals surface area (Å²) in [5.41, 5.74) is 0.528. The van der Waals surface area contributed by atoms with E-state index in [0.29, 0.717) is 28.1 Å². The van der Waals surface area contributed by atoms with E-state index in [1.54, 1.807) is 32.9 Å². The van der Waals surface area contributed by atoms with Gasteiger partial charge in [-0.05, 0) is 32.9 Å². The number of carbonyl (C=O) groups excluding carboxylic acids is 2. The molecule has 2 rings (SSSR count). The van der Waals surface area contributed by atoms with E-state index in [-0.39, 0.29) is 5.91 Å². The summed E-state index contributed by atoms with van der Waals surface area (Å²) in [6.07, 6.45) is -0.687. The number of amides is 1. The number of benzene rings is 1. The number of esters is 1. The van der Waals surface area contributed by atoms with Crippen molar-refractivity contribution in [3.63, 3.8) is 0 Å². The van der Waals surface area contributed by atoms with Crippen molar-refractivity contribution in [2.75, 3.05) is 11.9 Å². The maximum atomic E-state index is 12.1. The van der Waals surface area contributed by atoms with Gasteiger partial charge < -0.3 is 9.47 Å². The first-order chi connectivity index (χ1) is 11.0. The molecule has 0 spiro atoms. The Morgan fingerprint density at radius 3 is 2.65 bits per heavy atom. The largest absolute Gasteiger partial charge is 0.481 e. The fourth-order valence-corrected chi connectivity index (χ4v) is 2.66. The first kappa shape index (κ1) is 17.0. The second kappa shape index (κ2) is 7.73. The molecule has 0 unspecified atom stereocenters. The SMILES string of the molecule is CCOC(=O)c1sc(NC(=O)[C@H](C)Oc2ccccc2)nc1C. The van der Waals surface area contributed by atoms with Crippen LogP contribution in [0.25, 0.3) is 0 Å². The number of nitrogens with one attached hydrogen (secondary N) is 1. The van der Waals surface area contributed by atoms with Crippen LogP contribution in [-0.2, 0) is 9.53 Å². The van der Waals surface area contributed by atoms with Crippen LogP contribution in [0.4, 0.5) is 5.13 Å². The predicted molar refractivity (Wildman–Crippen MR) is 88.0 cm³/mol. The van der Waals surface area contributed by atoms with Gasteiger partial charge in [0, 0.05) is 0 Å². The van der Waals surface area contributed by atoms with Gasteiger partial charge in [0.1, 0.15) is 10.6 Å². The average Bonchev–Trinajstić information content (AvgIpc) is 2.89. The van der Waals surface area contributed by atoms with Crippen molar-refractivity contribution >= 4 is 28.3 Å². The smallest absolute Gasteiger partial charge is 0.350 e. The Hall–Kier alpha value is -2.41. The highest BCUT2D eigenvalue weighted by molar-refractivity contribution is 7.17. The van der Waals surface area contributed by atoms with Crippen LogP contribution in [0.15, 0.2) is 30.3 Å². The molecule has 0 saturated heterocycles. The molecule has 1 N–H and O–H groups in total. The highest BCUT2D eigenvalue weighted by atomic mass is 32.1. The van der Waals surface area contributed by atoms with Crippen LogP contribution in [0, 0.1) is 6.92 Å². The standard InChI is InChI=1S/C16H18N2O4S/c1-4-21-15(20)13-10(2)17-16(23-13)18-14(19)11(3)22-12-8-6-5-7-9-12/h5-9,11H,4H2,1-3H3,(H,17,18,19)/t11-/m0/s1. The normalized spacial score (nSPS) is 11.6. The van der Waals surface area contributed by atoms with Crippen molar-refractivity contribution < 1.29 is 19.1 Å². The molecular formula is C16H18N2O4S. The van der Waals surface area contributed by atoms with Crippen LogP contribution in [0.2, 0.25) is 0 Å². The van der Waals surface area contributed by atoms with E-state index in [4.69, 9.17) is 9.47 Å². The first-order valence-corrected chi connectivity index (χ1v) is 8.00. The predicted octanol–water partition coefficient (Wildman–Crippen LogP) is 3.03. The van der Waals surface area contributed by atoms with Gasteiger partial charge in [0.15, 0.2) is 11.2 Å². The van der Waals surface area contributed by atoms with E-state index in [0.717, 1.165) is 11.3 Å². The monoisotopic (exact) mass is 334 g/mol. The second-order valence-electron chi connectivity index (χ2n) is 4.72. The maximum absolute atomic E-state index is 12.1. The number of nitrogens with zero attached hydrogens (tertiary/aromatic N) is 1. The van der Waals surface area contributed by atoms with Gasteiger partial charge in [0.25, 0.3) is 5.91 Å². The van der Waals surface area contributed by atoms with Crippen LogP contribution >= 0.6 is 11.3 Å². The van der Waals surface area contributed by atoms with Gasteiger partial charge >= 0.3 is 5.97 Å². The van der Waals surface area contributed by atoms with Crippen molar-refractivity contribution in [2.24, 2.45) is 0 Å². The number of carbonyl (C=O) groups is 2. The number of para-hydroxylation sites is 1. The van der Waals surface area contributed by atoms with Gasteiger partial charge in [-0.2, -0.15) is 0 Å². The summed E-state index contributed by atoms with van der Waals surface area (Å²) >= 11 is 1.09. The minimum absolute atomic E-state index is 0.291. The van der Waals surface area contributed by atoms with Crippen LogP contribution in [0.5, 0.6) is 5.75 Å². The minimum Gasteiger partial charge on any atom is -0.481 e. The molecule has 1 aromatic heterocycles. The Bertz CT molecular complexity index is 685. The third-order valence-electron chi connectivity index (χ3n) is 2.91. The fourth-order valence-electron chi connectivity index (χ4n) is 1.80. The molecule has 1 heterocycles. The quantitative estimate of drug-likeness (QED) is 0.822. The average molecular weight is 334 g/mol. The summed E-state index contributed by atoms with van der Waals surface area (Å²) in [7, 11) is 0. The Labute approximate surface area is 138 Å². The van der Waals surface area contributed by atoms with Gasteiger partial charge in [-0.25, -0.2) is 9.78 Å². The third kappa shape index (κ3) is 4.53. The molecule has 23 heavy (non-hydrogen) atoms. The van der Waals surface area contributed by atoms with Crippen molar-refractivity contribution in [1.82, 2.24) is 4.98 Å². The van der Waals surface area contributed by atoms with Crippen LogP contribution in [0.1, 0.15) is 29.2 Å². The van der Waals surface area contributed by atoms with Gasteiger partial charge in [0.05, 0.1) is 12.3 Å². The third-order valence-corrected chi connectivity index (χ3v) is 3.97. The lowest BCUT2D eigenvalue weighted by Crippen LogP contribution is -2.30. The Morgan fingerprint density at radius 2 is 2.00 bits per heavy atom. The number of anilines is 1. The number of ether oxygens (including phenoxy) is 2. The molecule has 7 heteroatoms. The van der Waals surface area contributed by atoms with E-state index in [2.05, 4.69) is 10.3 Å². The molecule has 0 fully saturated rings. The zero-order valence-electron chi connectivity index (χ0n) is 13.2. The maximum Gasteiger partial charge on any atom is 0.350 e. The van der Waals surface area contributed by atoms with E-state index >= 15 is 0 Å². The summed E-state index contributed by atoms with van der Waals surface area (Å²) < 4.78 is 10.5. The highest BCUT2D eigenvalue weighted by Gasteiger charge is 2.20. The molecule has 1 aromatic carbocycles. The number of aryl methyl sites for hydroxylation is 1. The lowest BCUT2D eigenvalue weighted by molar-refractivity contribution is -0.122. The molecule has 0 bridgehead atoms. The summed E-state index contributed by atoms with van der Waals surface area (Å²) in [6.45, 7) is 5.37. The number of rotatable bonds is 6. The van der Waals surface area contributed by atoms with Gasteiger partial charge in [-0.3, -0.25) is 10.1 Å². The van der Waals surface area contributed by atoms with Crippen LogP contribution in [0.3, 0.4) is 0 Å². The lowest BCUT2D eigenvalue weighted by Gasteiger charge is -2.13. The van der Waals surface area contributed by atoms with Gasteiger partial charge in [-0.1, -0.05) is 29.5 Å². The van der Waals surface area contributed by atoms with Crippen molar-refractivity contribution in [3.05, 3.63) is 40.9 Å². The number of thiazole rings is 1. The number of hydrogen-bond acceptors (Lipinski definition) is 6. The summed E-state index contributed by atoms with van der Waals surface area (Å²) in [5.74, 6) is -0.160. The van der Waals surface area contributed by atoms with Crippen molar-refractivity contribution in [2.45, 2.75) is 26.9 Å². The molecule has 0 saturated carbocycles. The molecule has 0 radical (unpaired) electrons. The minimum atomic E-state index is -0.687. The zero-order valence-corrected chi connectivity index (χ0v) is 14.0. The number of hydrogen-bond donors (Lipinski definition) is 1. The van der Waals surface area contributed by atoms with Gasteiger partial charge in [0.2, 0.25) is 0 Å². The molecule has 6 nitrogen and oxygen atoms in total. The molecule has 1 atom stereocenters. The molecular weight excluding hydrogens is 316 g/mol. The molecule has 0 aliphatic heterocycles. The summed E-state index contributed by atoms with van der Waals surface area (Å²) in [4.78, 5) is 28.5. The van der Waals surface area contributed by atoms with E-state index < -0.39 is 12.1 Å². The molecule has 122 valence electrons. The second-order valence-corrected chi connectivity index (χ2v) is 5.72. The summed E-state index contributed by atoms with van der Waals surface area (Å²) in [5, 5.41) is 3.00. The van der Waals surface area contributed by atoms with Gasteiger partial charge in [-0.15, -0.1) is 0 Å². The van der Waals surface area contributed by atoms with Crippen molar-refractivity contribution in [1.29, 1.82) is 0 Å². The summed E-state index contributed by atoms with van der Waals surface area (Å²) in [6, 6.07) is 9.07. The van der Waals surface area contributed by atoms with Crippen LogP contribution in [-0.4, -0.2) is 29.6 Å². The number of aromatic nitrogens is 1. The van der Waals surface area contributed by atoms with Crippen molar-refractivity contribution in [3.8, 4) is 5.75 Å². The Morgan fingerprint density at radius 1 is 1.30 bits per heavy atom. The topological polar surface area (TPSA) is 77.5 Å².